The summed E-state index contributed by atoms with van der Waals surface area (Å²) in [6.07, 6.45) is 0.0735. The van der Waals surface area contributed by atoms with Crippen molar-refractivity contribution in [3.05, 3.63) is 71.3 Å². The number of rotatable bonds is 7. The zero-order valence-electron chi connectivity index (χ0n) is 13.9. The van der Waals surface area contributed by atoms with Gasteiger partial charge in [-0.15, -0.1) is 0 Å². The first kappa shape index (κ1) is 17.9. The van der Waals surface area contributed by atoms with Crippen molar-refractivity contribution < 1.29 is 19.4 Å². The number of esters is 1. The Bertz CT molecular complexity index is 694. The second-order valence-electron chi connectivity index (χ2n) is 5.80. The summed E-state index contributed by atoms with van der Waals surface area (Å²) < 4.78 is 5.31. The Labute approximate surface area is 142 Å². The normalized spacial score (nSPS) is 13.1. The standard InChI is InChI=1S/C20H22O4/c1-14(11-12-21)24-20(23)15(2)17-9-6-10-18(13-17)19(22)16-7-4-3-5-8-16/h3-10,13-15,21H,11-12H2,1-2H3/t14?,15-/m0/s1. The van der Waals surface area contributed by atoms with Crippen LogP contribution in [0.1, 0.15) is 47.7 Å². The van der Waals surface area contributed by atoms with E-state index in [-0.39, 0.29) is 24.5 Å². The summed E-state index contributed by atoms with van der Waals surface area (Å²) in [6.45, 7) is 3.47. The highest BCUT2D eigenvalue weighted by Crippen LogP contribution is 2.21. The van der Waals surface area contributed by atoms with Crippen LogP contribution in [0.25, 0.3) is 0 Å². The summed E-state index contributed by atoms with van der Waals surface area (Å²) in [5, 5.41) is 8.88. The maximum absolute atomic E-state index is 12.5. The molecule has 4 heteroatoms. The lowest BCUT2D eigenvalue weighted by Gasteiger charge is -2.16. The zero-order valence-corrected chi connectivity index (χ0v) is 13.9. The van der Waals surface area contributed by atoms with Gasteiger partial charge in [0.05, 0.1) is 5.92 Å². The van der Waals surface area contributed by atoms with Crippen LogP contribution in [-0.4, -0.2) is 29.6 Å². The second-order valence-corrected chi connectivity index (χ2v) is 5.80. The predicted octanol–water partition coefficient (Wildman–Crippen LogP) is 3.34. The fourth-order valence-electron chi connectivity index (χ4n) is 2.38. The minimum absolute atomic E-state index is 0.0239. The predicted molar refractivity (Wildman–Crippen MR) is 92.0 cm³/mol. The molecule has 24 heavy (non-hydrogen) atoms. The van der Waals surface area contributed by atoms with Gasteiger partial charge in [0.15, 0.2) is 5.78 Å². The first-order chi connectivity index (χ1) is 11.5. The van der Waals surface area contributed by atoms with E-state index in [0.717, 1.165) is 5.56 Å². The Hall–Kier alpha value is -2.46. The minimum atomic E-state index is -0.477. The quantitative estimate of drug-likeness (QED) is 0.626. The Kier molecular flexibility index (Phi) is 6.27. The highest BCUT2D eigenvalue weighted by atomic mass is 16.5. The fourth-order valence-corrected chi connectivity index (χ4v) is 2.38. The van der Waals surface area contributed by atoms with Gasteiger partial charge in [0, 0.05) is 24.2 Å². The Morgan fingerprint density at radius 1 is 1.00 bits per heavy atom. The molecule has 4 nitrogen and oxygen atoms in total. The van der Waals surface area contributed by atoms with Crippen LogP contribution in [0.5, 0.6) is 0 Å². The Morgan fingerprint density at radius 3 is 2.33 bits per heavy atom. The molecule has 1 unspecified atom stereocenters. The molecule has 0 fully saturated rings. The van der Waals surface area contributed by atoms with Gasteiger partial charge in [-0.3, -0.25) is 9.59 Å². The number of aliphatic hydroxyl groups excluding tert-OH is 1. The first-order valence-electron chi connectivity index (χ1n) is 8.04. The van der Waals surface area contributed by atoms with Gasteiger partial charge >= 0.3 is 5.97 Å². The molecule has 0 spiro atoms. The molecule has 0 radical (unpaired) electrons. The summed E-state index contributed by atoms with van der Waals surface area (Å²) in [5.74, 6) is -0.915. The topological polar surface area (TPSA) is 63.6 Å². The average Bonchev–Trinajstić information content (AvgIpc) is 2.61. The molecule has 0 aliphatic rings. The zero-order chi connectivity index (χ0) is 17.5. The van der Waals surface area contributed by atoms with E-state index in [1.54, 1.807) is 44.2 Å². The first-order valence-corrected chi connectivity index (χ1v) is 8.04. The van der Waals surface area contributed by atoms with Crippen LogP contribution in [0.3, 0.4) is 0 Å². The van der Waals surface area contributed by atoms with Crippen LogP contribution in [0.2, 0.25) is 0 Å². The van der Waals surface area contributed by atoms with Crippen molar-refractivity contribution in [2.45, 2.75) is 32.3 Å². The highest BCUT2D eigenvalue weighted by Gasteiger charge is 2.20. The van der Waals surface area contributed by atoms with Crippen molar-refractivity contribution in [2.75, 3.05) is 6.61 Å². The summed E-state index contributed by atoms with van der Waals surface area (Å²) in [5.41, 5.74) is 1.89. The van der Waals surface area contributed by atoms with Crippen molar-refractivity contribution in [1.29, 1.82) is 0 Å². The SMILES string of the molecule is CC(CCO)OC(=O)[C@@H](C)c1cccc(C(=O)c2ccccc2)c1. The second kappa shape index (κ2) is 8.41. The molecule has 2 aromatic rings. The van der Waals surface area contributed by atoms with Crippen LogP contribution in [0, 0.1) is 0 Å². The lowest BCUT2D eigenvalue weighted by molar-refractivity contribution is -0.150. The number of aliphatic hydroxyl groups is 1. The summed E-state index contributed by atoms with van der Waals surface area (Å²) >= 11 is 0. The molecule has 0 heterocycles. The largest absolute Gasteiger partial charge is 0.462 e. The van der Waals surface area contributed by atoms with Gasteiger partial charge in [-0.1, -0.05) is 48.5 Å². The number of hydrogen-bond donors (Lipinski definition) is 1. The lowest BCUT2D eigenvalue weighted by Crippen LogP contribution is -2.20. The van der Waals surface area contributed by atoms with Crippen molar-refractivity contribution in [1.82, 2.24) is 0 Å². The number of carbonyl (C=O) groups is 2. The monoisotopic (exact) mass is 326 g/mol. The molecule has 126 valence electrons. The number of benzene rings is 2. The van der Waals surface area contributed by atoms with Crippen molar-refractivity contribution in [3.8, 4) is 0 Å². The summed E-state index contributed by atoms with van der Waals surface area (Å²) in [7, 11) is 0. The third kappa shape index (κ3) is 4.52. The van der Waals surface area contributed by atoms with E-state index in [1.807, 2.05) is 24.3 Å². The van der Waals surface area contributed by atoms with Gasteiger partial charge in [-0.2, -0.15) is 0 Å². The molecule has 2 aromatic carbocycles. The van der Waals surface area contributed by atoms with E-state index < -0.39 is 5.92 Å². The highest BCUT2D eigenvalue weighted by molar-refractivity contribution is 6.09. The van der Waals surface area contributed by atoms with E-state index in [2.05, 4.69) is 0 Å². The molecule has 0 aliphatic carbocycles. The van der Waals surface area contributed by atoms with Crippen LogP contribution in [0.4, 0.5) is 0 Å². The van der Waals surface area contributed by atoms with Gasteiger partial charge in [0.25, 0.3) is 0 Å². The summed E-state index contributed by atoms with van der Waals surface area (Å²) in [4.78, 5) is 24.7. The molecule has 0 saturated heterocycles. The molecule has 0 aliphatic heterocycles. The molecule has 0 saturated carbocycles. The number of hydrogen-bond acceptors (Lipinski definition) is 4. The molecular formula is C20H22O4. The third-order valence-electron chi connectivity index (χ3n) is 3.89. The molecule has 2 rings (SSSR count). The molecule has 0 amide bonds. The number of ether oxygens (including phenoxy) is 1. The van der Waals surface area contributed by atoms with Crippen LogP contribution >= 0.6 is 0 Å². The lowest BCUT2D eigenvalue weighted by atomic mass is 9.96. The molecule has 1 N–H and O–H groups in total. The maximum atomic E-state index is 12.5. The Morgan fingerprint density at radius 2 is 1.67 bits per heavy atom. The molecule has 0 aromatic heterocycles. The molecular weight excluding hydrogens is 304 g/mol. The average molecular weight is 326 g/mol. The van der Waals surface area contributed by atoms with E-state index >= 15 is 0 Å². The summed E-state index contributed by atoms with van der Waals surface area (Å²) in [6, 6.07) is 16.1. The minimum Gasteiger partial charge on any atom is -0.462 e. The van der Waals surface area contributed by atoms with Gasteiger partial charge in [-0.05, 0) is 25.5 Å². The van der Waals surface area contributed by atoms with Gasteiger partial charge in [0.2, 0.25) is 0 Å². The van der Waals surface area contributed by atoms with Crippen LogP contribution in [-0.2, 0) is 9.53 Å². The van der Waals surface area contributed by atoms with Crippen molar-refractivity contribution in [3.63, 3.8) is 0 Å². The number of ketones is 1. The Balaban J connectivity index is 2.15. The van der Waals surface area contributed by atoms with E-state index in [9.17, 15) is 9.59 Å². The van der Waals surface area contributed by atoms with Crippen LogP contribution < -0.4 is 0 Å². The van der Waals surface area contributed by atoms with Gasteiger partial charge in [0.1, 0.15) is 6.10 Å². The van der Waals surface area contributed by atoms with Crippen molar-refractivity contribution in [2.24, 2.45) is 0 Å². The van der Waals surface area contributed by atoms with E-state index in [4.69, 9.17) is 9.84 Å². The smallest absolute Gasteiger partial charge is 0.313 e. The van der Waals surface area contributed by atoms with Gasteiger partial charge in [-0.25, -0.2) is 0 Å². The number of carbonyl (C=O) groups excluding carboxylic acids is 2. The maximum Gasteiger partial charge on any atom is 0.313 e. The fraction of sp³-hybridized carbons (Fsp3) is 0.300. The third-order valence-corrected chi connectivity index (χ3v) is 3.89. The molecule has 0 bridgehead atoms. The van der Waals surface area contributed by atoms with E-state index in [0.29, 0.717) is 17.5 Å². The van der Waals surface area contributed by atoms with Crippen molar-refractivity contribution >= 4 is 11.8 Å². The van der Waals surface area contributed by atoms with E-state index in [1.165, 1.54) is 0 Å². The van der Waals surface area contributed by atoms with Crippen LogP contribution in [0.15, 0.2) is 54.6 Å². The molecule has 2 atom stereocenters. The van der Waals surface area contributed by atoms with Gasteiger partial charge < -0.3 is 9.84 Å².